The van der Waals surface area contributed by atoms with Crippen LogP contribution in [0.25, 0.3) is 10.8 Å². The lowest BCUT2D eigenvalue weighted by Gasteiger charge is -2.16. The number of hydrogen-bond donors (Lipinski definition) is 0. The SMILES string of the molecule is Clc1cccc(Cl)c1C(Br)c1cccc2ccccc12. The van der Waals surface area contributed by atoms with Crippen LogP contribution in [0.3, 0.4) is 0 Å². The van der Waals surface area contributed by atoms with Crippen molar-refractivity contribution in [1.29, 1.82) is 0 Å². The van der Waals surface area contributed by atoms with Gasteiger partial charge in [0, 0.05) is 15.6 Å². The molecular weight excluding hydrogens is 355 g/mol. The summed E-state index contributed by atoms with van der Waals surface area (Å²) in [6.45, 7) is 0. The molecule has 0 saturated carbocycles. The van der Waals surface area contributed by atoms with E-state index in [2.05, 4.69) is 46.3 Å². The molecule has 1 atom stereocenters. The van der Waals surface area contributed by atoms with Crippen LogP contribution in [0.4, 0.5) is 0 Å². The van der Waals surface area contributed by atoms with Crippen LogP contribution in [0.2, 0.25) is 10.0 Å². The van der Waals surface area contributed by atoms with Crippen LogP contribution >= 0.6 is 39.1 Å². The van der Waals surface area contributed by atoms with Gasteiger partial charge in [0.1, 0.15) is 0 Å². The van der Waals surface area contributed by atoms with Gasteiger partial charge in [0.05, 0.1) is 4.83 Å². The maximum atomic E-state index is 6.31. The fourth-order valence-corrected chi connectivity index (χ4v) is 4.15. The van der Waals surface area contributed by atoms with Crippen LogP contribution in [-0.2, 0) is 0 Å². The predicted molar refractivity (Wildman–Crippen MR) is 91.2 cm³/mol. The molecule has 0 nitrogen and oxygen atoms in total. The Balaban J connectivity index is 2.21. The van der Waals surface area contributed by atoms with Crippen molar-refractivity contribution in [2.24, 2.45) is 0 Å². The highest BCUT2D eigenvalue weighted by Gasteiger charge is 2.18. The molecule has 100 valence electrons. The van der Waals surface area contributed by atoms with Crippen LogP contribution in [0.15, 0.2) is 60.7 Å². The molecule has 0 aliphatic carbocycles. The summed E-state index contributed by atoms with van der Waals surface area (Å²) in [5.74, 6) is 0. The Kier molecular flexibility index (Phi) is 4.02. The van der Waals surface area contributed by atoms with Crippen LogP contribution in [0.5, 0.6) is 0 Å². The van der Waals surface area contributed by atoms with Gasteiger partial charge in [-0.15, -0.1) is 0 Å². The average molecular weight is 366 g/mol. The lowest BCUT2D eigenvalue weighted by atomic mass is 9.98. The van der Waals surface area contributed by atoms with Gasteiger partial charge in [-0.05, 0) is 28.5 Å². The monoisotopic (exact) mass is 364 g/mol. The minimum absolute atomic E-state index is 0.0326. The van der Waals surface area contributed by atoms with E-state index in [4.69, 9.17) is 23.2 Å². The number of benzene rings is 3. The van der Waals surface area contributed by atoms with Crippen molar-refractivity contribution in [2.75, 3.05) is 0 Å². The average Bonchev–Trinajstić information content (AvgIpc) is 2.46. The Labute approximate surface area is 136 Å². The van der Waals surface area contributed by atoms with Crippen LogP contribution in [0.1, 0.15) is 16.0 Å². The van der Waals surface area contributed by atoms with Crippen molar-refractivity contribution in [3.05, 3.63) is 81.8 Å². The molecule has 0 radical (unpaired) electrons. The summed E-state index contributed by atoms with van der Waals surface area (Å²) >= 11 is 16.4. The van der Waals surface area contributed by atoms with E-state index in [9.17, 15) is 0 Å². The maximum absolute atomic E-state index is 6.31. The lowest BCUT2D eigenvalue weighted by Crippen LogP contribution is -1.96. The highest BCUT2D eigenvalue weighted by atomic mass is 79.9. The first kappa shape index (κ1) is 13.9. The normalized spacial score (nSPS) is 12.6. The van der Waals surface area contributed by atoms with Gasteiger partial charge in [-0.2, -0.15) is 0 Å². The Hall–Kier alpha value is -1.02. The summed E-state index contributed by atoms with van der Waals surface area (Å²) in [4.78, 5) is -0.0326. The highest BCUT2D eigenvalue weighted by molar-refractivity contribution is 9.09. The summed E-state index contributed by atoms with van der Waals surface area (Å²) < 4.78 is 0. The van der Waals surface area contributed by atoms with Crippen molar-refractivity contribution in [3.63, 3.8) is 0 Å². The smallest absolute Gasteiger partial charge is 0.0679 e. The minimum atomic E-state index is -0.0326. The van der Waals surface area contributed by atoms with Crippen molar-refractivity contribution < 1.29 is 0 Å². The van der Waals surface area contributed by atoms with Gasteiger partial charge in [-0.25, -0.2) is 0 Å². The van der Waals surface area contributed by atoms with Gasteiger partial charge in [0.15, 0.2) is 0 Å². The van der Waals surface area contributed by atoms with Crippen molar-refractivity contribution >= 4 is 49.9 Å². The Morgan fingerprint density at radius 2 is 1.35 bits per heavy atom. The van der Waals surface area contributed by atoms with Gasteiger partial charge in [0.2, 0.25) is 0 Å². The molecule has 3 aromatic carbocycles. The van der Waals surface area contributed by atoms with Crippen LogP contribution in [0, 0.1) is 0 Å². The predicted octanol–water partition coefficient (Wildman–Crippen LogP) is 6.63. The number of alkyl halides is 1. The first-order valence-electron chi connectivity index (χ1n) is 6.24. The zero-order chi connectivity index (χ0) is 14.1. The van der Waals surface area contributed by atoms with Crippen LogP contribution < -0.4 is 0 Å². The van der Waals surface area contributed by atoms with Crippen molar-refractivity contribution in [3.8, 4) is 0 Å². The van der Waals surface area contributed by atoms with Gasteiger partial charge >= 0.3 is 0 Å². The zero-order valence-electron chi connectivity index (χ0n) is 10.5. The van der Waals surface area contributed by atoms with E-state index < -0.39 is 0 Å². The van der Waals surface area contributed by atoms with Gasteiger partial charge in [-0.3, -0.25) is 0 Å². The number of hydrogen-bond acceptors (Lipinski definition) is 0. The third-order valence-corrected chi connectivity index (χ3v) is 4.96. The van der Waals surface area contributed by atoms with Gasteiger partial charge in [0.25, 0.3) is 0 Å². The molecule has 3 heteroatoms. The Morgan fingerprint density at radius 1 is 0.750 bits per heavy atom. The van der Waals surface area contributed by atoms with Crippen molar-refractivity contribution in [2.45, 2.75) is 4.83 Å². The molecule has 0 aromatic heterocycles. The third-order valence-electron chi connectivity index (χ3n) is 3.35. The lowest BCUT2D eigenvalue weighted by molar-refractivity contribution is 1.20. The number of fused-ring (bicyclic) bond motifs is 1. The van der Waals surface area contributed by atoms with E-state index in [0.29, 0.717) is 10.0 Å². The molecule has 0 amide bonds. The number of rotatable bonds is 2. The fourth-order valence-electron chi connectivity index (χ4n) is 2.38. The first-order chi connectivity index (χ1) is 9.68. The molecule has 0 heterocycles. The second-order valence-electron chi connectivity index (χ2n) is 4.57. The van der Waals surface area contributed by atoms with E-state index in [1.54, 1.807) is 0 Å². The molecule has 1 unspecified atom stereocenters. The van der Waals surface area contributed by atoms with Gasteiger partial charge in [-0.1, -0.05) is 87.7 Å². The fraction of sp³-hybridized carbons (Fsp3) is 0.0588. The molecule has 0 spiro atoms. The second-order valence-corrected chi connectivity index (χ2v) is 6.30. The molecule has 0 saturated heterocycles. The topological polar surface area (TPSA) is 0 Å². The maximum Gasteiger partial charge on any atom is 0.0679 e. The van der Waals surface area contributed by atoms with Crippen molar-refractivity contribution in [1.82, 2.24) is 0 Å². The standard InChI is InChI=1S/C17H11BrCl2/c18-17(16-14(19)9-4-10-15(16)20)13-8-3-6-11-5-1-2-7-12(11)13/h1-10,17H. The molecule has 20 heavy (non-hydrogen) atoms. The molecule has 0 fully saturated rings. The minimum Gasteiger partial charge on any atom is -0.0839 e. The summed E-state index contributed by atoms with van der Waals surface area (Å²) in [5.41, 5.74) is 2.07. The van der Waals surface area contributed by atoms with Gasteiger partial charge < -0.3 is 0 Å². The number of halogens is 3. The zero-order valence-corrected chi connectivity index (χ0v) is 13.6. The van der Waals surface area contributed by atoms with E-state index in [0.717, 1.165) is 11.1 Å². The molecule has 3 rings (SSSR count). The Bertz CT molecular complexity index is 742. The summed E-state index contributed by atoms with van der Waals surface area (Å²) in [7, 11) is 0. The van der Waals surface area contributed by atoms with Crippen LogP contribution in [-0.4, -0.2) is 0 Å². The summed E-state index contributed by atoms with van der Waals surface area (Å²) in [5, 5.41) is 3.75. The molecule has 0 aliphatic rings. The van der Waals surface area contributed by atoms with E-state index in [1.165, 1.54) is 10.8 Å². The molecule has 3 aromatic rings. The first-order valence-corrected chi connectivity index (χ1v) is 7.91. The largest absolute Gasteiger partial charge is 0.0839 e. The summed E-state index contributed by atoms with van der Waals surface area (Å²) in [6, 6.07) is 20.1. The molecule has 0 bridgehead atoms. The third kappa shape index (κ3) is 2.46. The van der Waals surface area contributed by atoms with E-state index >= 15 is 0 Å². The quantitative estimate of drug-likeness (QED) is 0.447. The summed E-state index contributed by atoms with van der Waals surface area (Å²) in [6.07, 6.45) is 0. The second kappa shape index (κ2) is 5.77. The molecule has 0 aliphatic heterocycles. The van der Waals surface area contributed by atoms with E-state index in [-0.39, 0.29) is 4.83 Å². The Morgan fingerprint density at radius 3 is 2.10 bits per heavy atom. The molecule has 0 N–H and O–H groups in total. The molecular formula is C17H11BrCl2. The van der Waals surface area contributed by atoms with E-state index in [1.807, 2.05) is 30.3 Å². The highest BCUT2D eigenvalue weighted by Crippen LogP contribution is 2.41.